The van der Waals surface area contributed by atoms with Gasteiger partial charge in [-0.1, -0.05) is 45.0 Å². The molecule has 2 unspecified atom stereocenters. The lowest BCUT2D eigenvalue weighted by atomic mass is 9.87. The Morgan fingerprint density at radius 1 is 1.21 bits per heavy atom. The van der Waals surface area contributed by atoms with Crippen molar-refractivity contribution in [1.29, 1.82) is 0 Å². The summed E-state index contributed by atoms with van der Waals surface area (Å²) in [6.07, 6.45) is 5.79. The van der Waals surface area contributed by atoms with Crippen LogP contribution in [0.25, 0.3) is 6.08 Å². The van der Waals surface area contributed by atoms with Gasteiger partial charge in [-0.3, -0.25) is 4.79 Å². The lowest BCUT2D eigenvalue weighted by molar-refractivity contribution is -0.129. The lowest BCUT2D eigenvalue weighted by Crippen LogP contribution is -2.44. The number of hydrogen-bond acceptors (Lipinski definition) is 4. The summed E-state index contributed by atoms with van der Waals surface area (Å²) in [6, 6.07) is 7.92. The van der Waals surface area contributed by atoms with Crippen LogP contribution in [0.2, 0.25) is 0 Å². The molecule has 2 aliphatic rings. The molecule has 2 heterocycles. The van der Waals surface area contributed by atoms with Crippen molar-refractivity contribution in [3.63, 3.8) is 0 Å². The molecule has 1 amide bonds. The van der Waals surface area contributed by atoms with Crippen molar-refractivity contribution in [2.45, 2.75) is 57.6 Å². The van der Waals surface area contributed by atoms with E-state index in [-0.39, 0.29) is 35.0 Å². The number of ether oxygens (including phenoxy) is 1. The molecule has 3 rings (SSSR count). The lowest BCUT2D eigenvalue weighted by Gasteiger charge is -2.29. The average Bonchev–Trinajstić information content (AvgIpc) is 3.26. The number of benzene rings is 1. The second-order valence-electron chi connectivity index (χ2n) is 8.89. The fourth-order valence-corrected chi connectivity index (χ4v) is 5.54. The van der Waals surface area contributed by atoms with Crippen LogP contribution in [0, 0.1) is 0 Å². The predicted octanol–water partition coefficient (Wildman–Crippen LogP) is 3.19. The summed E-state index contributed by atoms with van der Waals surface area (Å²) in [5, 5.41) is 0. The van der Waals surface area contributed by atoms with E-state index in [2.05, 4.69) is 32.9 Å². The van der Waals surface area contributed by atoms with E-state index in [0.29, 0.717) is 19.6 Å². The molecule has 0 N–H and O–H groups in total. The first-order valence-electron chi connectivity index (χ1n) is 10.1. The Kier molecular flexibility index (Phi) is 6.30. The highest BCUT2D eigenvalue weighted by atomic mass is 32.2. The predicted molar refractivity (Wildman–Crippen MR) is 112 cm³/mol. The van der Waals surface area contributed by atoms with Crippen LogP contribution in [0.4, 0.5) is 0 Å². The fraction of sp³-hybridized carbons (Fsp3) is 0.591. The minimum Gasteiger partial charge on any atom is -0.376 e. The van der Waals surface area contributed by atoms with E-state index < -0.39 is 9.84 Å². The molecule has 0 radical (unpaired) electrons. The smallest absolute Gasteiger partial charge is 0.246 e. The highest BCUT2D eigenvalue weighted by molar-refractivity contribution is 7.91. The van der Waals surface area contributed by atoms with E-state index in [1.54, 1.807) is 17.1 Å². The zero-order valence-electron chi connectivity index (χ0n) is 17.1. The largest absolute Gasteiger partial charge is 0.376 e. The van der Waals surface area contributed by atoms with E-state index in [0.717, 1.165) is 18.4 Å². The molecule has 5 nitrogen and oxygen atoms in total. The van der Waals surface area contributed by atoms with Crippen molar-refractivity contribution in [2.75, 3.05) is 24.7 Å². The molecule has 1 aromatic rings. The van der Waals surface area contributed by atoms with Gasteiger partial charge in [0.05, 0.1) is 17.6 Å². The Hall–Kier alpha value is -1.66. The van der Waals surface area contributed by atoms with Crippen molar-refractivity contribution in [2.24, 2.45) is 0 Å². The summed E-state index contributed by atoms with van der Waals surface area (Å²) in [5.74, 6) is 0.0716. The first-order chi connectivity index (χ1) is 13.1. The number of carbonyl (C=O) groups excluding carboxylic acids is 1. The molecule has 1 aromatic carbocycles. The van der Waals surface area contributed by atoms with Crippen molar-refractivity contribution in [1.82, 2.24) is 4.90 Å². The number of sulfone groups is 1. The molecule has 0 bridgehead atoms. The molecule has 154 valence electrons. The van der Waals surface area contributed by atoms with Crippen LogP contribution in [0.5, 0.6) is 0 Å². The van der Waals surface area contributed by atoms with Crippen molar-refractivity contribution >= 4 is 21.8 Å². The molecule has 2 atom stereocenters. The molecule has 28 heavy (non-hydrogen) atoms. The van der Waals surface area contributed by atoms with Crippen LogP contribution in [0.15, 0.2) is 30.3 Å². The first-order valence-corrected chi connectivity index (χ1v) is 11.9. The molecule has 0 aromatic heterocycles. The molecule has 0 aliphatic carbocycles. The van der Waals surface area contributed by atoms with Gasteiger partial charge in [-0.2, -0.15) is 0 Å². The highest BCUT2D eigenvalue weighted by Gasteiger charge is 2.35. The Bertz CT molecular complexity index is 815. The quantitative estimate of drug-likeness (QED) is 0.706. The van der Waals surface area contributed by atoms with E-state index in [1.807, 2.05) is 12.1 Å². The first kappa shape index (κ1) is 21.1. The second kappa shape index (κ2) is 8.37. The molecule has 0 saturated carbocycles. The molecule has 6 heteroatoms. The normalized spacial score (nSPS) is 24.7. The number of carbonyl (C=O) groups is 1. The minimum atomic E-state index is -3.05. The Labute approximate surface area is 168 Å². The average molecular weight is 406 g/mol. The summed E-state index contributed by atoms with van der Waals surface area (Å²) in [4.78, 5) is 14.6. The topological polar surface area (TPSA) is 63.7 Å². The molecule has 0 spiro atoms. The number of rotatable bonds is 5. The van der Waals surface area contributed by atoms with Gasteiger partial charge in [0.25, 0.3) is 0 Å². The van der Waals surface area contributed by atoms with Gasteiger partial charge in [0, 0.05) is 25.3 Å². The van der Waals surface area contributed by atoms with Crippen LogP contribution < -0.4 is 0 Å². The van der Waals surface area contributed by atoms with Crippen LogP contribution in [-0.2, 0) is 24.8 Å². The van der Waals surface area contributed by atoms with Gasteiger partial charge in [-0.15, -0.1) is 0 Å². The van der Waals surface area contributed by atoms with Crippen molar-refractivity contribution in [3.8, 4) is 0 Å². The maximum Gasteiger partial charge on any atom is 0.246 e. The second-order valence-corrected chi connectivity index (χ2v) is 11.1. The Morgan fingerprint density at radius 2 is 1.93 bits per heavy atom. The fourth-order valence-electron chi connectivity index (χ4n) is 3.81. The number of amides is 1. The molecule has 2 aliphatic heterocycles. The third-order valence-corrected chi connectivity index (χ3v) is 7.30. The van der Waals surface area contributed by atoms with E-state index >= 15 is 0 Å². The standard InChI is InChI=1S/C22H31NO4S/c1-22(2,3)18-9-6-17(7-10-18)8-11-21(24)23(15-20-5-4-13-27-20)19-12-14-28(25,26)16-19/h6-11,19-20H,4-5,12-16H2,1-3H3. The van der Waals surface area contributed by atoms with Crippen LogP contribution in [0.1, 0.15) is 51.2 Å². The molecule has 2 saturated heterocycles. The van der Waals surface area contributed by atoms with Gasteiger partial charge in [-0.05, 0) is 41.9 Å². The maximum absolute atomic E-state index is 12.9. The molecular weight excluding hydrogens is 374 g/mol. The van der Waals surface area contributed by atoms with Gasteiger partial charge in [0.1, 0.15) is 0 Å². The van der Waals surface area contributed by atoms with Gasteiger partial charge < -0.3 is 9.64 Å². The van der Waals surface area contributed by atoms with Crippen LogP contribution >= 0.6 is 0 Å². The SMILES string of the molecule is CC(C)(C)c1ccc(C=CC(=O)N(CC2CCCO2)C2CCS(=O)(=O)C2)cc1. The monoisotopic (exact) mass is 405 g/mol. The third kappa shape index (κ3) is 5.45. The minimum absolute atomic E-state index is 0.00623. The van der Waals surface area contributed by atoms with E-state index in [9.17, 15) is 13.2 Å². The summed E-state index contributed by atoms with van der Waals surface area (Å²) in [5.41, 5.74) is 2.29. The highest BCUT2D eigenvalue weighted by Crippen LogP contribution is 2.24. The summed E-state index contributed by atoms with van der Waals surface area (Å²) in [7, 11) is -3.05. The zero-order chi connectivity index (χ0) is 20.4. The number of hydrogen-bond donors (Lipinski definition) is 0. The van der Waals surface area contributed by atoms with Gasteiger partial charge in [0.15, 0.2) is 9.84 Å². The number of nitrogens with zero attached hydrogens (tertiary/aromatic N) is 1. The summed E-state index contributed by atoms with van der Waals surface area (Å²) >= 11 is 0. The van der Waals surface area contributed by atoms with E-state index in [1.165, 1.54) is 5.56 Å². The maximum atomic E-state index is 12.9. The van der Waals surface area contributed by atoms with Crippen LogP contribution in [0.3, 0.4) is 0 Å². The van der Waals surface area contributed by atoms with Crippen molar-refractivity contribution < 1.29 is 17.9 Å². The third-order valence-electron chi connectivity index (χ3n) is 5.55. The van der Waals surface area contributed by atoms with Crippen molar-refractivity contribution in [3.05, 3.63) is 41.5 Å². The zero-order valence-corrected chi connectivity index (χ0v) is 17.9. The Morgan fingerprint density at radius 3 is 2.46 bits per heavy atom. The van der Waals surface area contributed by atoms with Gasteiger partial charge in [0.2, 0.25) is 5.91 Å². The summed E-state index contributed by atoms with van der Waals surface area (Å²) < 4.78 is 29.5. The molecule has 2 fully saturated rings. The van der Waals surface area contributed by atoms with Gasteiger partial charge in [-0.25, -0.2) is 8.42 Å². The molecular formula is C22H31NO4S. The van der Waals surface area contributed by atoms with Gasteiger partial charge >= 0.3 is 0 Å². The van der Waals surface area contributed by atoms with E-state index in [4.69, 9.17) is 4.74 Å². The summed E-state index contributed by atoms with van der Waals surface area (Å²) in [6.45, 7) is 7.68. The Balaban J connectivity index is 1.72. The van der Waals surface area contributed by atoms with Crippen LogP contribution in [-0.4, -0.2) is 56.0 Å².